The lowest BCUT2D eigenvalue weighted by atomic mass is 10.0. The molecule has 0 aromatic heterocycles. The molecule has 0 saturated carbocycles. The first kappa shape index (κ1) is 16.3. The van der Waals surface area contributed by atoms with Crippen LogP contribution in [-0.4, -0.2) is 28.0 Å². The van der Waals surface area contributed by atoms with Crippen LogP contribution in [-0.2, 0) is 11.2 Å². The number of benzene rings is 2. The van der Waals surface area contributed by atoms with Crippen molar-refractivity contribution in [3.05, 3.63) is 65.9 Å². The lowest BCUT2D eigenvalue weighted by molar-refractivity contribution is 0.210. The van der Waals surface area contributed by atoms with E-state index < -0.39 is 6.03 Å². The number of nitrogens with one attached hydrogen (secondary N) is 1. The Morgan fingerprint density at radius 1 is 1.17 bits per heavy atom. The van der Waals surface area contributed by atoms with E-state index in [0.717, 1.165) is 16.7 Å². The summed E-state index contributed by atoms with van der Waals surface area (Å²) >= 11 is 1.53. The van der Waals surface area contributed by atoms with Crippen molar-refractivity contribution in [2.24, 2.45) is 5.84 Å². The second kappa shape index (κ2) is 7.36. The lowest BCUT2D eigenvalue weighted by Crippen LogP contribution is -2.45. The molecule has 1 fully saturated rings. The van der Waals surface area contributed by atoms with Crippen LogP contribution in [0.1, 0.15) is 5.56 Å². The van der Waals surface area contributed by atoms with Gasteiger partial charge in [0.05, 0.1) is 5.37 Å². The van der Waals surface area contributed by atoms with Crippen molar-refractivity contribution in [3.8, 4) is 11.1 Å². The number of nitrogens with zero attached hydrogens (tertiary/aromatic N) is 1. The van der Waals surface area contributed by atoms with Gasteiger partial charge >= 0.3 is 6.03 Å². The van der Waals surface area contributed by atoms with Gasteiger partial charge in [-0.15, -0.1) is 11.8 Å². The lowest BCUT2D eigenvalue weighted by Gasteiger charge is -2.22. The minimum atomic E-state index is -0.482. The quantitative estimate of drug-likeness (QED) is 0.390. The molecule has 1 heterocycles. The molecule has 1 unspecified atom stereocenters. The van der Waals surface area contributed by atoms with Crippen LogP contribution < -0.4 is 11.3 Å². The molecule has 3 rings (SSSR count). The maximum Gasteiger partial charge on any atom is 0.337 e. The average molecular weight is 339 g/mol. The zero-order valence-corrected chi connectivity index (χ0v) is 13.8. The predicted molar refractivity (Wildman–Crippen MR) is 95.6 cm³/mol. The van der Waals surface area contributed by atoms with Crippen molar-refractivity contribution in [3.63, 3.8) is 0 Å². The summed E-state index contributed by atoms with van der Waals surface area (Å²) in [6.07, 6.45) is 0.637. The van der Waals surface area contributed by atoms with Gasteiger partial charge in [-0.2, -0.15) is 0 Å². The summed E-state index contributed by atoms with van der Waals surface area (Å²) in [7, 11) is 0. The van der Waals surface area contributed by atoms with Crippen molar-refractivity contribution in [2.75, 3.05) is 5.75 Å². The van der Waals surface area contributed by atoms with E-state index in [2.05, 4.69) is 29.7 Å². The molecule has 2 aromatic rings. The van der Waals surface area contributed by atoms with Crippen molar-refractivity contribution in [2.45, 2.75) is 11.8 Å². The van der Waals surface area contributed by atoms with Gasteiger partial charge in [-0.1, -0.05) is 54.6 Å². The second-order valence-electron chi connectivity index (χ2n) is 5.40. The number of thioether (sulfide) groups is 1. The molecule has 2 aromatic carbocycles. The van der Waals surface area contributed by atoms with E-state index in [1.807, 2.05) is 36.3 Å². The number of urea groups is 1. The Balaban J connectivity index is 1.76. The smallest absolute Gasteiger partial charge is 0.275 e. The molecule has 0 aliphatic carbocycles. The number of carbonyl (C=O) groups excluding carboxylic acids is 2. The average Bonchev–Trinajstić information content (AvgIpc) is 3.05. The maximum atomic E-state index is 11.9. The molecular formula is C18H17N3O2S. The maximum absolute atomic E-state index is 11.9. The molecule has 1 aliphatic rings. The SMILES string of the molecule is NNC(=O)N1C(=C=O)CSC1Cc1ccc(-c2ccccc2)cc1. The van der Waals surface area contributed by atoms with Gasteiger partial charge < -0.3 is 0 Å². The summed E-state index contributed by atoms with van der Waals surface area (Å²) in [5.74, 6) is 7.51. The molecule has 0 radical (unpaired) electrons. The van der Waals surface area contributed by atoms with Crippen LogP contribution in [0.15, 0.2) is 60.3 Å². The summed E-state index contributed by atoms with van der Waals surface area (Å²) in [6.45, 7) is 0. The summed E-state index contributed by atoms with van der Waals surface area (Å²) in [5.41, 5.74) is 5.81. The molecule has 6 heteroatoms. The largest absolute Gasteiger partial charge is 0.337 e. The number of hydrogen-bond donors (Lipinski definition) is 2. The first-order chi connectivity index (χ1) is 11.7. The highest BCUT2D eigenvalue weighted by atomic mass is 32.2. The zero-order chi connectivity index (χ0) is 16.9. The van der Waals surface area contributed by atoms with Crippen LogP contribution in [0.3, 0.4) is 0 Å². The van der Waals surface area contributed by atoms with E-state index in [1.165, 1.54) is 16.7 Å². The minimum Gasteiger partial charge on any atom is -0.275 e. The minimum absolute atomic E-state index is 0.160. The third-order valence-corrected chi connectivity index (χ3v) is 5.13. The molecule has 2 amide bonds. The highest BCUT2D eigenvalue weighted by Gasteiger charge is 2.34. The Hall–Kier alpha value is -2.53. The number of nitrogens with two attached hydrogens (primary N) is 1. The molecule has 5 nitrogen and oxygen atoms in total. The van der Waals surface area contributed by atoms with E-state index in [-0.39, 0.29) is 5.37 Å². The zero-order valence-electron chi connectivity index (χ0n) is 12.9. The molecule has 0 bridgehead atoms. The van der Waals surface area contributed by atoms with E-state index >= 15 is 0 Å². The molecule has 122 valence electrons. The van der Waals surface area contributed by atoms with Gasteiger partial charge in [0, 0.05) is 12.2 Å². The third-order valence-electron chi connectivity index (χ3n) is 3.92. The molecule has 3 N–H and O–H groups in total. The van der Waals surface area contributed by atoms with Gasteiger partial charge in [-0.3, -0.25) is 10.3 Å². The highest BCUT2D eigenvalue weighted by molar-refractivity contribution is 8.00. The third kappa shape index (κ3) is 3.36. The number of rotatable bonds is 3. The van der Waals surface area contributed by atoms with Crippen molar-refractivity contribution < 1.29 is 9.59 Å². The normalized spacial score (nSPS) is 16.8. The number of carbonyl (C=O) groups is 1. The van der Waals surface area contributed by atoms with Gasteiger partial charge in [0.25, 0.3) is 0 Å². The Bertz CT molecular complexity index is 771. The summed E-state index contributed by atoms with van der Waals surface area (Å²) in [6, 6.07) is 17.9. The van der Waals surface area contributed by atoms with Crippen LogP contribution in [0.5, 0.6) is 0 Å². The van der Waals surface area contributed by atoms with Crippen molar-refractivity contribution in [1.82, 2.24) is 10.3 Å². The monoisotopic (exact) mass is 339 g/mol. The Kier molecular flexibility index (Phi) is 5.01. The number of hydrogen-bond acceptors (Lipinski definition) is 4. The van der Waals surface area contributed by atoms with E-state index in [4.69, 9.17) is 5.84 Å². The summed E-state index contributed by atoms with van der Waals surface area (Å²) in [4.78, 5) is 24.3. The van der Waals surface area contributed by atoms with Gasteiger partial charge in [0.15, 0.2) is 0 Å². The Morgan fingerprint density at radius 3 is 2.46 bits per heavy atom. The van der Waals surface area contributed by atoms with Crippen LogP contribution in [0.25, 0.3) is 11.1 Å². The van der Waals surface area contributed by atoms with Crippen LogP contribution >= 0.6 is 11.8 Å². The van der Waals surface area contributed by atoms with Crippen LogP contribution in [0.4, 0.5) is 4.79 Å². The van der Waals surface area contributed by atoms with E-state index in [0.29, 0.717) is 17.9 Å². The molecule has 24 heavy (non-hydrogen) atoms. The summed E-state index contributed by atoms with van der Waals surface area (Å²) in [5, 5.41) is -0.160. The van der Waals surface area contributed by atoms with Crippen LogP contribution in [0.2, 0.25) is 0 Å². The van der Waals surface area contributed by atoms with E-state index in [9.17, 15) is 9.59 Å². The second-order valence-corrected chi connectivity index (χ2v) is 6.57. The molecule has 0 spiro atoms. The molecular weight excluding hydrogens is 322 g/mol. The van der Waals surface area contributed by atoms with Gasteiger partial charge in [-0.25, -0.2) is 15.4 Å². The fourth-order valence-electron chi connectivity index (χ4n) is 2.71. The van der Waals surface area contributed by atoms with Crippen LogP contribution in [0, 0.1) is 0 Å². The van der Waals surface area contributed by atoms with Crippen molar-refractivity contribution >= 4 is 23.7 Å². The first-order valence-corrected chi connectivity index (χ1v) is 8.57. The Labute approximate surface area is 144 Å². The fraction of sp³-hybridized carbons (Fsp3) is 0.167. The number of hydrazine groups is 1. The summed E-state index contributed by atoms with van der Waals surface area (Å²) < 4.78 is 0. The van der Waals surface area contributed by atoms with Gasteiger partial charge in [0.2, 0.25) is 0 Å². The molecule has 1 atom stereocenters. The first-order valence-electron chi connectivity index (χ1n) is 7.52. The van der Waals surface area contributed by atoms with E-state index in [1.54, 1.807) is 0 Å². The standard InChI is InChI=1S/C18H17N3O2S/c19-20-18(23)21-16(11-22)12-24-17(21)10-13-6-8-15(9-7-13)14-4-2-1-3-5-14/h1-9,17H,10,12,19H2,(H,20,23). The van der Waals surface area contributed by atoms with Gasteiger partial charge in [-0.05, 0) is 16.7 Å². The Morgan fingerprint density at radius 2 is 1.83 bits per heavy atom. The van der Waals surface area contributed by atoms with Gasteiger partial charge in [0.1, 0.15) is 11.6 Å². The topological polar surface area (TPSA) is 75.4 Å². The number of amides is 2. The fourth-order valence-corrected chi connectivity index (χ4v) is 3.94. The molecule has 1 saturated heterocycles. The molecule has 1 aliphatic heterocycles. The highest BCUT2D eigenvalue weighted by Crippen LogP contribution is 2.33. The van der Waals surface area contributed by atoms with Crippen molar-refractivity contribution in [1.29, 1.82) is 0 Å². The predicted octanol–water partition coefficient (Wildman–Crippen LogP) is 2.57.